The van der Waals surface area contributed by atoms with Crippen LogP contribution in [0.4, 0.5) is 5.69 Å². The van der Waals surface area contributed by atoms with Gasteiger partial charge in [-0.15, -0.1) is 11.8 Å². The maximum absolute atomic E-state index is 12.8. The average Bonchev–Trinajstić information content (AvgIpc) is 2.85. The summed E-state index contributed by atoms with van der Waals surface area (Å²) in [5.41, 5.74) is 2.21. The molecule has 8 heteroatoms. The largest absolute Gasteiger partial charge is 0.322 e. The predicted molar refractivity (Wildman–Crippen MR) is 134 cm³/mol. The minimum atomic E-state index is -3.48. The number of nitrogens with zero attached hydrogens (tertiary/aromatic N) is 1. The first kappa shape index (κ1) is 23.8. The molecular weight excluding hydrogens is 476 g/mol. The first-order valence-electron chi connectivity index (χ1n) is 10.8. The van der Waals surface area contributed by atoms with Crippen LogP contribution in [0, 0.1) is 0 Å². The van der Waals surface area contributed by atoms with Crippen molar-refractivity contribution in [1.29, 1.82) is 0 Å². The van der Waals surface area contributed by atoms with Gasteiger partial charge in [-0.2, -0.15) is 4.31 Å². The number of hydrogen-bond acceptors (Lipinski definition) is 4. The van der Waals surface area contributed by atoms with Crippen LogP contribution in [0.2, 0.25) is 5.02 Å². The summed E-state index contributed by atoms with van der Waals surface area (Å²) >= 11 is 7.62. The maximum atomic E-state index is 12.8. The second-order valence-electron chi connectivity index (χ2n) is 7.88. The van der Waals surface area contributed by atoms with Gasteiger partial charge in [-0.25, -0.2) is 8.42 Å². The Kier molecular flexibility index (Phi) is 7.75. The number of carbonyl (C=O) groups is 1. The van der Waals surface area contributed by atoms with Gasteiger partial charge < -0.3 is 5.32 Å². The van der Waals surface area contributed by atoms with Gasteiger partial charge in [0.15, 0.2) is 0 Å². The van der Waals surface area contributed by atoms with Crippen LogP contribution in [0.15, 0.2) is 82.6 Å². The molecule has 1 fully saturated rings. The highest BCUT2D eigenvalue weighted by Crippen LogP contribution is 2.25. The highest BCUT2D eigenvalue weighted by molar-refractivity contribution is 7.98. The van der Waals surface area contributed by atoms with E-state index in [1.165, 1.54) is 4.31 Å². The van der Waals surface area contributed by atoms with E-state index in [1.54, 1.807) is 48.2 Å². The molecule has 0 unspecified atom stereocenters. The number of amides is 1. The van der Waals surface area contributed by atoms with Gasteiger partial charge >= 0.3 is 0 Å². The van der Waals surface area contributed by atoms with Crippen LogP contribution in [0.1, 0.15) is 35.2 Å². The van der Waals surface area contributed by atoms with Crippen molar-refractivity contribution in [3.63, 3.8) is 0 Å². The molecular formula is C25H25ClN2O3S2. The van der Waals surface area contributed by atoms with E-state index >= 15 is 0 Å². The Bertz CT molecular complexity index is 1190. The van der Waals surface area contributed by atoms with Gasteiger partial charge in [0.05, 0.1) is 4.90 Å². The van der Waals surface area contributed by atoms with Crippen LogP contribution in [-0.4, -0.2) is 31.7 Å². The molecule has 172 valence electrons. The van der Waals surface area contributed by atoms with Crippen molar-refractivity contribution in [2.75, 3.05) is 18.4 Å². The molecule has 3 aromatic carbocycles. The molecule has 1 aliphatic rings. The quantitative estimate of drug-likeness (QED) is 0.400. The number of benzene rings is 3. The van der Waals surface area contributed by atoms with Crippen LogP contribution >= 0.6 is 23.4 Å². The van der Waals surface area contributed by atoms with E-state index in [2.05, 4.69) is 5.32 Å². The summed E-state index contributed by atoms with van der Waals surface area (Å²) in [6.45, 7) is 1.13. The molecule has 33 heavy (non-hydrogen) atoms. The fraction of sp³-hybridized carbons (Fsp3) is 0.240. The van der Waals surface area contributed by atoms with Crippen LogP contribution in [0.25, 0.3) is 0 Å². The van der Waals surface area contributed by atoms with E-state index in [0.29, 0.717) is 29.4 Å². The van der Waals surface area contributed by atoms with Crippen LogP contribution in [0.3, 0.4) is 0 Å². The molecule has 0 aromatic heterocycles. The molecule has 0 spiro atoms. The summed E-state index contributed by atoms with van der Waals surface area (Å²) in [5, 5.41) is 3.55. The first-order chi connectivity index (χ1) is 15.9. The number of nitrogens with one attached hydrogen (secondary N) is 1. The van der Waals surface area contributed by atoms with E-state index in [9.17, 15) is 13.2 Å². The van der Waals surface area contributed by atoms with E-state index < -0.39 is 10.0 Å². The van der Waals surface area contributed by atoms with Crippen LogP contribution < -0.4 is 5.32 Å². The van der Waals surface area contributed by atoms with Crippen molar-refractivity contribution in [3.05, 3.63) is 88.9 Å². The fourth-order valence-electron chi connectivity index (χ4n) is 3.62. The van der Waals surface area contributed by atoms with Crippen molar-refractivity contribution in [2.24, 2.45) is 0 Å². The van der Waals surface area contributed by atoms with Gasteiger partial charge in [0, 0.05) is 40.0 Å². The lowest BCUT2D eigenvalue weighted by Gasteiger charge is -2.25. The molecule has 1 heterocycles. The lowest BCUT2D eigenvalue weighted by Crippen LogP contribution is -2.35. The molecule has 1 N–H and O–H groups in total. The Balaban J connectivity index is 1.34. The van der Waals surface area contributed by atoms with E-state index in [4.69, 9.17) is 11.6 Å². The number of thioether (sulfide) groups is 1. The number of hydrogen-bond donors (Lipinski definition) is 1. The summed E-state index contributed by atoms with van der Waals surface area (Å²) in [6.07, 6.45) is 2.86. The summed E-state index contributed by atoms with van der Waals surface area (Å²) in [6, 6.07) is 21.5. The summed E-state index contributed by atoms with van der Waals surface area (Å²) in [5.74, 6) is 0.551. The SMILES string of the molecule is O=C(Nc1ccc(S(=O)(=O)N2CCCCC2)cc1)c1ccc(CSc2ccc(Cl)cc2)cc1. The topological polar surface area (TPSA) is 66.5 Å². The zero-order valence-electron chi connectivity index (χ0n) is 18.0. The first-order valence-corrected chi connectivity index (χ1v) is 13.6. The molecule has 0 saturated carbocycles. The molecule has 1 saturated heterocycles. The Hall–Kier alpha value is -2.32. The predicted octanol–water partition coefficient (Wildman–Crippen LogP) is 6.06. The molecule has 5 nitrogen and oxygen atoms in total. The Morgan fingerprint density at radius 2 is 1.52 bits per heavy atom. The standard InChI is InChI=1S/C25H25ClN2O3S2/c26-21-8-12-23(13-9-21)32-18-19-4-6-20(7-5-19)25(29)27-22-10-14-24(15-11-22)33(30,31)28-16-2-1-3-17-28/h4-15H,1-3,16-18H2,(H,27,29). The monoisotopic (exact) mass is 500 g/mol. The third-order valence-electron chi connectivity index (χ3n) is 5.50. The summed E-state index contributed by atoms with van der Waals surface area (Å²) in [4.78, 5) is 14.0. The van der Waals surface area contributed by atoms with E-state index in [1.807, 2.05) is 36.4 Å². The summed E-state index contributed by atoms with van der Waals surface area (Å²) < 4.78 is 27.1. The highest BCUT2D eigenvalue weighted by Gasteiger charge is 2.25. The normalized spacial score (nSPS) is 14.7. The zero-order valence-corrected chi connectivity index (χ0v) is 20.4. The highest BCUT2D eigenvalue weighted by atomic mass is 35.5. The third-order valence-corrected chi connectivity index (χ3v) is 8.75. The van der Waals surface area contributed by atoms with E-state index in [-0.39, 0.29) is 10.8 Å². The zero-order chi connectivity index (χ0) is 23.3. The fourth-order valence-corrected chi connectivity index (χ4v) is 6.12. The van der Waals surface area contributed by atoms with Gasteiger partial charge in [0.2, 0.25) is 10.0 Å². The number of sulfonamides is 1. The Morgan fingerprint density at radius 1 is 0.879 bits per heavy atom. The Labute approximate surface area is 204 Å². The third kappa shape index (κ3) is 6.18. The summed E-state index contributed by atoms with van der Waals surface area (Å²) in [7, 11) is -3.48. The molecule has 0 radical (unpaired) electrons. The van der Waals surface area contributed by atoms with Gasteiger partial charge in [-0.3, -0.25) is 4.79 Å². The van der Waals surface area contributed by atoms with Gasteiger partial charge in [-0.1, -0.05) is 30.2 Å². The molecule has 3 aromatic rings. The van der Waals surface area contributed by atoms with Gasteiger partial charge in [0.1, 0.15) is 0 Å². The maximum Gasteiger partial charge on any atom is 0.255 e. The van der Waals surface area contributed by atoms with E-state index in [0.717, 1.165) is 35.5 Å². The number of anilines is 1. The Morgan fingerprint density at radius 3 is 2.15 bits per heavy atom. The smallest absolute Gasteiger partial charge is 0.255 e. The molecule has 4 rings (SSSR count). The number of halogens is 1. The van der Waals surface area contributed by atoms with Crippen molar-refractivity contribution < 1.29 is 13.2 Å². The lowest BCUT2D eigenvalue weighted by molar-refractivity contribution is 0.102. The molecule has 0 atom stereocenters. The van der Waals surface area contributed by atoms with Crippen molar-refractivity contribution >= 4 is 45.0 Å². The second kappa shape index (κ2) is 10.7. The van der Waals surface area contributed by atoms with Crippen LogP contribution in [0.5, 0.6) is 0 Å². The lowest BCUT2D eigenvalue weighted by atomic mass is 10.1. The molecule has 0 aliphatic carbocycles. The van der Waals surface area contributed by atoms with Gasteiger partial charge in [-0.05, 0) is 79.1 Å². The molecule has 0 bridgehead atoms. The number of carbonyl (C=O) groups excluding carboxylic acids is 1. The minimum absolute atomic E-state index is 0.237. The van der Waals surface area contributed by atoms with Gasteiger partial charge in [0.25, 0.3) is 5.91 Å². The number of piperidine rings is 1. The molecule has 1 amide bonds. The van der Waals surface area contributed by atoms with Crippen LogP contribution in [-0.2, 0) is 15.8 Å². The number of rotatable bonds is 7. The minimum Gasteiger partial charge on any atom is -0.322 e. The van der Waals surface area contributed by atoms with Crippen molar-refractivity contribution in [2.45, 2.75) is 34.8 Å². The average molecular weight is 501 g/mol. The second-order valence-corrected chi connectivity index (χ2v) is 11.3. The van der Waals surface area contributed by atoms with Crippen molar-refractivity contribution in [1.82, 2.24) is 4.31 Å². The molecule has 1 aliphatic heterocycles. The van der Waals surface area contributed by atoms with Crippen molar-refractivity contribution in [3.8, 4) is 0 Å².